The van der Waals surface area contributed by atoms with Crippen molar-refractivity contribution in [2.75, 3.05) is 0 Å². The summed E-state index contributed by atoms with van der Waals surface area (Å²) in [5, 5.41) is 7.06. The van der Waals surface area contributed by atoms with Crippen LogP contribution >= 0.6 is 0 Å². The van der Waals surface area contributed by atoms with Crippen molar-refractivity contribution >= 4 is 43.5 Å². The molecule has 0 aliphatic heterocycles. The molecule has 0 amide bonds. The quantitative estimate of drug-likeness (QED) is 0.175. The van der Waals surface area contributed by atoms with Gasteiger partial charge in [-0.1, -0.05) is 172 Å². The molecule has 0 unspecified atom stereocenters. The van der Waals surface area contributed by atoms with Gasteiger partial charge in [0.25, 0.3) is 0 Å². The summed E-state index contributed by atoms with van der Waals surface area (Å²) in [5.41, 5.74) is 16.6. The summed E-state index contributed by atoms with van der Waals surface area (Å²) >= 11 is 0. The summed E-state index contributed by atoms with van der Waals surface area (Å²) < 4.78 is 6.48. The molecule has 11 aromatic rings. The van der Waals surface area contributed by atoms with E-state index in [1.54, 1.807) is 0 Å². The molecule has 1 aliphatic carbocycles. The Kier molecular flexibility index (Phi) is 7.58. The molecule has 0 bridgehead atoms. The molecule has 2 aromatic heterocycles. The first-order chi connectivity index (χ1) is 29.5. The summed E-state index contributed by atoms with van der Waals surface area (Å²) in [6.45, 7) is 4.71. The molecule has 0 spiro atoms. The second-order valence-corrected chi connectivity index (χ2v) is 16.5. The lowest BCUT2D eigenvalue weighted by Crippen LogP contribution is -2.14. The molecule has 3 nitrogen and oxygen atoms in total. The van der Waals surface area contributed by atoms with Gasteiger partial charge in [0.05, 0.1) is 11.4 Å². The van der Waals surface area contributed by atoms with Crippen LogP contribution in [0.3, 0.4) is 0 Å². The van der Waals surface area contributed by atoms with E-state index in [9.17, 15) is 0 Å². The van der Waals surface area contributed by atoms with Crippen molar-refractivity contribution in [2.45, 2.75) is 19.3 Å². The van der Waals surface area contributed by atoms with E-state index in [0.717, 1.165) is 66.5 Å². The molecule has 3 heteroatoms. The fraction of sp³-hybridized carbons (Fsp3) is 0.0526. The van der Waals surface area contributed by atoms with Gasteiger partial charge in [0.2, 0.25) is 0 Å². The first-order valence-electron chi connectivity index (χ1n) is 20.6. The van der Waals surface area contributed by atoms with Crippen molar-refractivity contribution in [3.8, 4) is 67.3 Å². The predicted molar refractivity (Wildman–Crippen MR) is 249 cm³/mol. The van der Waals surface area contributed by atoms with Crippen LogP contribution in [0.25, 0.3) is 111 Å². The Morgan fingerprint density at radius 3 is 1.88 bits per heavy atom. The van der Waals surface area contributed by atoms with Gasteiger partial charge in [-0.15, -0.1) is 0 Å². The van der Waals surface area contributed by atoms with E-state index in [1.807, 2.05) is 18.2 Å². The third-order valence-corrected chi connectivity index (χ3v) is 12.7. The van der Waals surface area contributed by atoms with E-state index < -0.39 is 0 Å². The monoisotopic (exact) mass is 766 g/mol. The third kappa shape index (κ3) is 5.36. The summed E-state index contributed by atoms with van der Waals surface area (Å²) in [7, 11) is 0. The van der Waals surface area contributed by atoms with Crippen LogP contribution in [-0.2, 0) is 5.41 Å². The van der Waals surface area contributed by atoms with Crippen LogP contribution in [0.4, 0.5) is 0 Å². The van der Waals surface area contributed by atoms with E-state index >= 15 is 0 Å². The highest BCUT2D eigenvalue weighted by Crippen LogP contribution is 2.53. The van der Waals surface area contributed by atoms with E-state index in [1.165, 1.54) is 49.5 Å². The van der Waals surface area contributed by atoms with Crippen molar-refractivity contribution in [1.29, 1.82) is 0 Å². The highest BCUT2D eigenvalue weighted by molar-refractivity contribution is 6.15. The molecule has 9 aromatic carbocycles. The van der Waals surface area contributed by atoms with Gasteiger partial charge in [-0.3, -0.25) is 0 Å². The van der Waals surface area contributed by atoms with E-state index in [-0.39, 0.29) is 5.41 Å². The van der Waals surface area contributed by atoms with Crippen molar-refractivity contribution in [3.63, 3.8) is 0 Å². The van der Waals surface area contributed by atoms with Crippen LogP contribution < -0.4 is 0 Å². The molecular formula is C57H38N2O. The second kappa shape index (κ2) is 13.2. The molecule has 0 saturated carbocycles. The minimum absolute atomic E-state index is 0.0981. The molecule has 0 atom stereocenters. The van der Waals surface area contributed by atoms with Crippen molar-refractivity contribution < 1.29 is 4.42 Å². The fourth-order valence-electron chi connectivity index (χ4n) is 9.61. The molecule has 0 radical (unpaired) electrons. The number of fused-ring (bicyclic) bond motifs is 9. The normalized spacial score (nSPS) is 13.0. The zero-order valence-electron chi connectivity index (χ0n) is 33.3. The summed E-state index contributed by atoms with van der Waals surface area (Å²) in [6, 6.07) is 69.5. The number of aromatic nitrogens is 2. The van der Waals surface area contributed by atoms with Crippen LogP contribution in [0.5, 0.6) is 0 Å². The van der Waals surface area contributed by atoms with Gasteiger partial charge >= 0.3 is 0 Å². The average Bonchev–Trinajstić information content (AvgIpc) is 3.79. The van der Waals surface area contributed by atoms with E-state index in [2.05, 4.69) is 190 Å². The van der Waals surface area contributed by atoms with Gasteiger partial charge in [0.1, 0.15) is 11.2 Å². The van der Waals surface area contributed by atoms with Gasteiger partial charge < -0.3 is 4.42 Å². The molecule has 12 rings (SSSR count). The first kappa shape index (κ1) is 34.4. The standard InChI is InChI=1S/C57H38N2O/c1-57(2)49-22-12-21-43(54(49)48-31-39-16-6-7-17-40(39)33-50(48)57)36-23-25-37(26-24-36)51-34-52(59-56(58-51)38-14-4-3-5-15-38)45-20-11-10-18-42(45)41-28-30-53-47(32-41)46-29-27-35-13-8-9-19-44(35)55(46)60-53/h3-34H,1-2H3. The number of benzene rings is 9. The van der Waals surface area contributed by atoms with E-state index in [0.29, 0.717) is 5.82 Å². The number of hydrogen-bond acceptors (Lipinski definition) is 3. The lowest BCUT2D eigenvalue weighted by molar-refractivity contribution is 0.661. The molecule has 0 fully saturated rings. The molecule has 0 N–H and O–H groups in total. The summed E-state index contributed by atoms with van der Waals surface area (Å²) in [5.74, 6) is 0.692. The topological polar surface area (TPSA) is 38.9 Å². The lowest BCUT2D eigenvalue weighted by atomic mass is 9.81. The Labute approximate surface area is 348 Å². The number of rotatable bonds is 5. The van der Waals surface area contributed by atoms with Crippen LogP contribution in [0, 0.1) is 0 Å². The Morgan fingerprint density at radius 2 is 1.05 bits per heavy atom. The van der Waals surface area contributed by atoms with Gasteiger partial charge in [0, 0.05) is 38.3 Å². The van der Waals surface area contributed by atoms with Gasteiger partial charge in [-0.05, 0) is 97.1 Å². The Bertz CT molecular complexity index is 3500. The lowest BCUT2D eigenvalue weighted by Gasteiger charge is -2.22. The van der Waals surface area contributed by atoms with Gasteiger partial charge in [-0.25, -0.2) is 9.97 Å². The van der Waals surface area contributed by atoms with Crippen LogP contribution in [0.1, 0.15) is 25.0 Å². The first-order valence-corrected chi connectivity index (χ1v) is 20.6. The number of hydrogen-bond donors (Lipinski definition) is 0. The molecule has 0 saturated heterocycles. The predicted octanol–water partition coefficient (Wildman–Crippen LogP) is 15.3. The van der Waals surface area contributed by atoms with Gasteiger partial charge in [0.15, 0.2) is 5.82 Å². The maximum Gasteiger partial charge on any atom is 0.160 e. The highest BCUT2D eigenvalue weighted by Gasteiger charge is 2.37. The molecular weight excluding hydrogens is 729 g/mol. The van der Waals surface area contributed by atoms with Crippen molar-refractivity contribution in [2.24, 2.45) is 0 Å². The fourth-order valence-corrected chi connectivity index (χ4v) is 9.61. The molecule has 1 aliphatic rings. The smallest absolute Gasteiger partial charge is 0.160 e. The van der Waals surface area contributed by atoms with Crippen molar-refractivity contribution in [3.05, 3.63) is 205 Å². The number of furan rings is 1. The Hall–Kier alpha value is -7.62. The van der Waals surface area contributed by atoms with E-state index in [4.69, 9.17) is 14.4 Å². The van der Waals surface area contributed by atoms with Crippen LogP contribution in [0.15, 0.2) is 199 Å². The zero-order valence-corrected chi connectivity index (χ0v) is 33.3. The second-order valence-electron chi connectivity index (χ2n) is 16.5. The summed E-state index contributed by atoms with van der Waals surface area (Å²) in [4.78, 5) is 10.5. The zero-order chi connectivity index (χ0) is 40.0. The van der Waals surface area contributed by atoms with Gasteiger partial charge in [-0.2, -0.15) is 0 Å². The highest BCUT2D eigenvalue weighted by atomic mass is 16.3. The minimum atomic E-state index is -0.0981. The third-order valence-electron chi connectivity index (χ3n) is 12.7. The molecule has 282 valence electrons. The Morgan fingerprint density at radius 1 is 0.383 bits per heavy atom. The van der Waals surface area contributed by atoms with Crippen LogP contribution in [-0.4, -0.2) is 9.97 Å². The minimum Gasteiger partial charge on any atom is -0.455 e. The maximum absolute atomic E-state index is 6.48. The van der Waals surface area contributed by atoms with Crippen molar-refractivity contribution in [1.82, 2.24) is 9.97 Å². The molecule has 60 heavy (non-hydrogen) atoms. The largest absolute Gasteiger partial charge is 0.455 e. The summed E-state index contributed by atoms with van der Waals surface area (Å²) in [6.07, 6.45) is 0. The Balaban J connectivity index is 0.973. The number of nitrogens with zero attached hydrogens (tertiary/aromatic N) is 2. The van der Waals surface area contributed by atoms with Crippen LogP contribution in [0.2, 0.25) is 0 Å². The SMILES string of the molecule is CC1(C)c2cc3ccccc3cc2-c2c(-c3ccc(-c4cc(-c5ccccc5-c5ccc6oc7c8ccccc8ccc7c6c5)nc(-c5ccccc5)n4)cc3)cccc21. The maximum atomic E-state index is 6.48. The average molecular weight is 767 g/mol. The molecule has 2 heterocycles.